The Morgan fingerprint density at radius 3 is 2.39 bits per heavy atom. The van der Waals surface area contributed by atoms with Crippen LogP contribution >= 0.6 is 24.8 Å². The zero-order chi connectivity index (χ0) is 18.6. The van der Waals surface area contributed by atoms with Crippen LogP contribution in [-0.4, -0.2) is 56.8 Å². The van der Waals surface area contributed by atoms with Gasteiger partial charge in [-0.1, -0.05) is 19.9 Å². The fourth-order valence-electron chi connectivity index (χ4n) is 4.19. The van der Waals surface area contributed by atoms with Crippen molar-refractivity contribution in [2.45, 2.75) is 45.6 Å². The average Bonchev–Trinajstić information content (AvgIpc) is 3.03. The van der Waals surface area contributed by atoms with Gasteiger partial charge < -0.3 is 14.4 Å². The van der Waals surface area contributed by atoms with Crippen LogP contribution in [0.2, 0.25) is 0 Å². The van der Waals surface area contributed by atoms with Crippen molar-refractivity contribution >= 4 is 36.5 Å². The number of hydrogen-bond donors (Lipinski definition) is 0. The van der Waals surface area contributed by atoms with Crippen LogP contribution in [0.15, 0.2) is 24.3 Å². The molecular weight excluding hydrogens is 399 g/mol. The highest BCUT2D eigenvalue weighted by molar-refractivity contribution is 5.85. The molecule has 0 aromatic heterocycles. The van der Waals surface area contributed by atoms with Crippen molar-refractivity contribution in [3.05, 3.63) is 24.3 Å². The van der Waals surface area contributed by atoms with E-state index >= 15 is 0 Å². The summed E-state index contributed by atoms with van der Waals surface area (Å²) < 4.78 is 11.0. The van der Waals surface area contributed by atoms with Gasteiger partial charge in [0.15, 0.2) is 0 Å². The van der Waals surface area contributed by atoms with E-state index in [-0.39, 0.29) is 42.3 Å². The third-order valence-electron chi connectivity index (χ3n) is 6.24. The SMILES string of the molecule is CCC1(CC)CC(CCN2CCN(c3cccc(OC)c3)CC2)OC1=O.Cl.Cl. The van der Waals surface area contributed by atoms with E-state index in [1.165, 1.54) is 5.69 Å². The van der Waals surface area contributed by atoms with Gasteiger partial charge in [0.05, 0.1) is 12.5 Å². The Morgan fingerprint density at radius 1 is 1.14 bits per heavy atom. The van der Waals surface area contributed by atoms with Gasteiger partial charge >= 0.3 is 5.97 Å². The minimum Gasteiger partial charge on any atom is -0.497 e. The number of nitrogens with zero attached hydrogens (tertiary/aromatic N) is 2. The van der Waals surface area contributed by atoms with Gasteiger partial charge in [-0.15, -0.1) is 24.8 Å². The highest BCUT2D eigenvalue weighted by atomic mass is 35.5. The molecule has 0 aliphatic carbocycles. The summed E-state index contributed by atoms with van der Waals surface area (Å²) in [5.41, 5.74) is 1.000. The Balaban J connectivity index is 0.00000196. The van der Waals surface area contributed by atoms with Gasteiger partial charge in [-0.05, 0) is 31.4 Å². The minimum atomic E-state index is -0.226. The second-order valence-electron chi connectivity index (χ2n) is 7.54. The number of carbonyl (C=O) groups is 1. The molecule has 2 aliphatic heterocycles. The van der Waals surface area contributed by atoms with Gasteiger partial charge in [0.2, 0.25) is 0 Å². The number of hydrogen-bond acceptors (Lipinski definition) is 5. The Labute approximate surface area is 181 Å². The number of methoxy groups -OCH3 is 1. The van der Waals surface area contributed by atoms with E-state index in [0.29, 0.717) is 0 Å². The third kappa shape index (κ3) is 5.46. The van der Waals surface area contributed by atoms with Gasteiger partial charge in [-0.2, -0.15) is 0 Å². The largest absolute Gasteiger partial charge is 0.497 e. The fourth-order valence-corrected chi connectivity index (χ4v) is 4.19. The number of anilines is 1. The number of rotatable bonds is 7. The second kappa shape index (κ2) is 11.1. The fraction of sp³-hybridized carbons (Fsp3) is 0.667. The van der Waals surface area contributed by atoms with Crippen molar-refractivity contribution in [3.8, 4) is 5.75 Å². The Hall–Kier alpha value is -1.17. The van der Waals surface area contributed by atoms with E-state index in [2.05, 4.69) is 35.8 Å². The third-order valence-corrected chi connectivity index (χ3v) is 6.24. The Kier molecular flexibility index (Phi) is 9.88. The van der Waals surface area contributed by atoms with Gasteiger partial charge in [0, 0.05) is 50.9 Å². The first kappa shape index (κ1) is 24.9. The summed E-state index contributed by atoms with van der Waals surface area (Å²) in [5, 5.41) is 0. The lowest BCUT2D eigenvalue weighted by Crippen LogP contribution is -2.47. The smallest absolute Gasteiger partial charge is 0.312 e. The summed E-state index contributed by atoms with van der Waals surface area (Å²) in [4.78, 5) is 17.1. The van der Waals surface area contributed by atoms with E-state index in [9.17, 15) is 4.79 Å². The highest BCUT2D eigenvalue weighted by Crippen LogP contribution is 2.41. The maximum atomic E-state index is 12.2. The molecule has 0 spiro atoms. The zero-order valence-corrected chi connectivity index (χ0v) is 18.8. The molecule has 2 fully saturated rings. The monoisotopic (exact) mass is 432 g/mol. The van der Waals surface area contributed by atoms with Crippen molar-refractivity contribution < 1.29 is 14.3 Å². The Morgan fingerprint density at radius 2 is 1.82 bits per heavy atom. The number of esters is 1. The summed E-state index contributed by atoms with van der Waals surface area (Å²) in [5.74, 6) is 0.929. The maximum Gasteiger partial charge on any atom is 0.312 e. The van der Waals surface area contributed by atoms with Crippen molar-refractivity contribution in [1.82, 2.24) is 4.90 Å². The number of cyclic esters (lactones) is 1. The summed E-state index contributed by atoms with van der Waals surface area (Å²) in [6, 6.07) is 8.27. The number of ether oxygens (including phenoxy) is 2. The normalized spacial score (nSPS) is 21.5. The van der Waals surface area contributed by atoms with Crippen LogP contribution in [0, 0.1) is 5.41 Å². The molecule has 0 radical (unpaired) electrons. The Bertz CT molecular complexity index is 617. The molecule has 0 N–H and O–H groups in total. The number of piperazine rings is 1. The van der Waals surface area contributed by atoms with Crippen LogP contribution in [0.4, 0.5) is 5.69 Å². The number of benzene rings is 1. The quantitative estimate of drug-likeness (QED) is 0.604. The first-order valence-electron chi connectivity index (χ1n) is 9.92. The van der Waals surface area contributed by atoms with Crippen molar-refractivity contribution in [2.24, 2.45) is 5.41 Å². The zero-order valence-electron chi connectivity index (χ0n) is 17.2. The van der Waals surface area contributed by atoms with Gasteiger partial charge in [-0.25, -0.2) is 0 Å². The van der Waals surface area contributed by atoms with Crippen LogP contribution in [0.3, 0.4) is 0 Å². The second-order valence-corrected chi connectivity index (χ2v) is 7.54. The van der Waals surface area contributed by atoms with Crippen LogP contribution in [0.1, 0.15) is 39.5 Å². The minimum absolute atomic E-state index is 0. The molecule has 2 saturated heterocycles. The lowest BCUT2D eigenvalue weighted by molar-refractivity contribution is -0.149. The molecule has 2 heterocycles. The van der Waals surface area contributed by atoms with E-state index in [4.69, 9.17) is 9.47 Å². The van der Waals surface area contributed by atoms with E-state index in [1.807, 2.05) is 12.1 Å². The van der Waals surface area contributed by atoms with Crippen molar-refractivity contribution in [1.29, 1.82) is 0 Å². The summed E-state index contributed by atoms with van der Waals surface area (Å²) in [7, 11) is 1.71. The molecule has 7 heteroatoms. The van der Waals surface area contributed by atoms with E-state index in [0.717, 1.165) is 64.2 Å². The van der Waals surface area contributed by atoms with Crippen molar-refractivity contribution in [3.63, 3.8) is 0 Å². The van der Waals surface area contributed by atoms with Gasteiger partial charge in [0.25, 0.3) is 0 Å². The molecule has 28 heavy (non-hydrogen) atoms. The first-order chi connectivity index (χ1) is 12.6. The predicted molar refractivity (Wildman–Crippen MR) is 118 cm³/mol. The molecule has 3 rings (SSSR count). The molecule has 160 valence electrons. The lowest BCUT2D eigenvalue weighted by Gasteiger charge is -2.36. The van der Waals surface area contributed by atoms with Gasteiger partial charge in [0.1, 0.15) is 11.9 Å². The molecule has 5 nitrogen and oxygen atoms in total. The molecule has 1 unspecified atom stereocenters. The molecule has 1 aromatic rings. The molecule has 1 aromatic carbocycles. The lowest BCUT2D eigenvalue weighted by atomic mass is 9.79. The van der Waals surface area contributed by atoms with Crippen LogP contribution in [-0.2, 0) is 9.53 Å². The topological polar surface area (TPSA) is 42.0 Å². The van der Waals surface area contributed by atoms with Crippen LogP contribution in [0.5, 0.6) is 5.75 Å². The molecule has 1 atom stereocenters. The molecule has 0 bridgehead atoms. The molecule has 0 saturated carbocycles. The summed E-state index contributed by atoms with van der Waals surface area (Å²) in [6.45, 7) is 9.34. The summed E-state index contributed by atoms with van der Waals surface area (Å²) in [6.07, 6.45) is 3.71. The van der Waals surface area contributed by atoms with Crippen molar-refractivity contribution in [2.75, 3.05) is 44.7 Å². The van der Waals surface area contributed by atoms with Gasteiger partial charge in [-0.3, -0.25) is 9.69 Å². The standard InChI is InChI=1S/C21H32N2O3.2ClH/c1-4-21(5-2)16-19(26-20(21)24)9-10-22-11-13-23(14-12-22)17-7-6-8-18(15-17)25-3;;/h6-8,15,19H,4-5,9-14,16H2,1-3H3;2*1H. The van der Waals surface area contributed by atoms with E-state index in [1.54, 1.807) is 7.11 Å². The molecule has 0 amide bonds. The summed E-state index contributed by atoms with van der Waals surface area (Å²) >= 11 is 0. The number of carbonyl (C=O) groups excluding carboxylic acids is 1. The highest BCUT2D eigenvalue weighted by Gasteiger charge is 2.46. The maximum absolute atomic E-state index is 12.2. The molecule has 2 aliphatic rings. The van der Waals surface area contributed by atoms with Crippen LogP contribution in [0.25, 0.3) is 0 Å². The average molecular weight is 433 g/mol. The molecular formula is C21H34Cl2N2O3. The number of halogens is 2. The van der Waals surface area contributed by atoms with E-state index < -0.39 is 0 Å². The predicted octanol–water partition coefficient (Wildman–Crippen LogP) is 4.17. The van der Waals surface area contributed by atoms with Crippen LogP contribution < -0.4 is 9.64 Å². The first-order valence-corrected chi connectivity index (χ1v) is 9.92.